The molecule has 0 atom stereocenters. The van der Waals surface area contributed by atoms with Gasteiger partial charge in [-0.3, -0.25) is 9.59 Å². The number of aldehydes is 2. The zero-order valence-electron chi connectivity index (χ0n) is 40.5. The van der Waals surface area contributed by atoms with E-state index in [9.17, 15) is 9.59 Å². The van der Waals surface area contributed by atoms with E-state index in [2.05, 4.69) is 200 Å². The zero-order chi connectivity index (χ0) is 51.4. The van der Waals surface area contributed by atoms with Crippen LogP contribution in [0.5, 0.6) is 0 Å². The van der Waals surface area contributed by atoms with Gasteiger partial charge in [0.15, 0.2) is 6.29 Å². The van der Waals surface area contributed by atoms with Crippen LogP contribution in [0.3, 0.4) is 0 Å². The predicted octanol–water partition coefficient (Wildman–Crippen LogP) is 14.9. The van der Waals surface area contributed by atoms with Gasteiger partial charge >= 0.3 is 7.12 Å². The Balaban J connectivity index is 0.000000149. The minimum atomic E-state index is -1.57. The fourth-order valence-electron chi connectivity index (χ4n) is 9.88. The SMILES string of the molecule is C[O-].Clc1ccc2c(-c3ccccc3)c3ccccc3c(-c3ccccc3)c2c1.O=Cc1ccccc1-c1ccc2c(-c3ccccc3)c3ccccc3c(-c3ccccc3)c2c1.O=Cc1ccccc1B(O)O. The summed E-state index contributed by atoms with van der Waals surface area (Å²) in [6.07, 6.45) is 1.53. The third-order valence-corrected chi connectivity index (χ3v) is 13.3. The molecule has 12 rings (SSSR count). The number of fused-ring (bicyclic) bond motifs is 4. The molecule has 0 aromatic heterocycles. The van der Waals surface area contributed by atoms with E-state index in [1.807, 2.05) is 30.3 Å². The molecule has 0 aliphatic rings. The first kappa shape index (κ1) is 50.2. The summed E-state index contributed by atoms with van der Waals surface area (Å²) in [6, 6.07) is 86.6. The van der Waals surface area contributed by atoms with Gasteiger partial charge in [0, 0.05) is 16.1 Å². The summed E-state index contributed by atoms with van der Waals surface area (Å²) in [5.74, 6) is 0. The van der Waals surface area contributed by atoms with Crippen molar-refractivity contribution in [3.63, 3.8) is 0 Å². The first-order valence-corrected chi connectivity index (χ1v) is 24.5. The first-order valence-electron chi connectivity index (χ1n) is 24.1. The van der Waals surface area contributed by atoms with Crippen LogP contribution in [0.1, 0.15) is 20.7 Å². The van der Waals surface area contributed by atoms with E-state index in [1.165, 1.54) is 99.7 Å². The normalized spacial score (nSPS) is 10.6. The molecule has 2 N–H and O–H groups in total. The topological polar surface area (TPSA) is 97.7 Å². The lowest BCUT2D eigenvalue weighted by Crippen LogP contribution is -2.32. The van der Waals surface area contributed by atoms with E-state index in [4.69, 9.17) is 26.8 Å². The van der Waals surface area contributed by atoms with E-state index in [1.54, 1.807) is 12.1 Å². The Bertz CT molecular complexity index is 3880. The smallest absolute Gasteiger partial charge is 0.489 e. The quantitative estimate of drug-likeness (QED) is 0.0898. The van der Waals surface area contributed by atoms with Crippen LogP contribution in [0.15, 0.2) is 255 Å². The Morgan fingerprint density at radius 1 is 0.338 bits per heavy atom. The molecule has 0 unspecified atom stereocenters. The highest BCUT2D eigenvalue weighted by Crippen LogP contribution is 2.46. The second-order valence-electron chi connectivity index (χ2n) is 17.3. The van der Waals surface area contributed by atoms with E-state index >= 15 is 0 Å². The van der Waals surface area contributed by atoms with Crippen LogP contribution in [0.4, 0.5) is 0 Å². The molecule has 0 amide bonds. The lowest BCUT2D eigenvalue weighted by Gasteiger charge is -2.19. The van der Waals surface area contributed by atoms with Crippen LogP contribution in [0.2, 0.25) is 5.02 Å². The number of hydrogen-bond donors (Lipinski definition) is 2. The van der Waals surface area contributed by atoms with Crippen molar-refractivity contribution in [1.82, 2.24) is 0 Å². The lowest BCUT2D eigenvalue weighted by molar-refractivity contribution is -0.325. The van der Waals surface area contributed by atoms with Crippen LogP contribution in [-0.2, 0) is 0 Å². The maximum Gasteiger partial charge on any atom is 0.489 e. The molecule has 0 heterocycles. The lowest BCUT2D eigenvalue weighted by atomic mass is 9.77. The van der Waals surface area contributed by atoms with Gasteiger partial charge in [0.2, 0.25) is 0 Å². The highest BCUT2D eigenvalue weighted by atomic mass is 35.5. The maximum absolute atomic E-state index is 11.8. The van der Waals surface area contributed by atoms with Gasteiger partial charge in [-0.05, 0) is 122 Å². The molecule has 7 heteroatoms. The van der Waals surface area contributed by atoms with Gasteiger partial charge in [0.05, 0.1) is 0 Å². The van der Waals surface area contributed by atoms with Gasteiger partial charge in [0.25, 0.3) is 0 Å². The highest BCUT2D eigenvalue weighted by Gasteiger charge is 2.19. The van der Waals surface area contributed by atoms with Gasteiger partial charge in [-0.25, -0.2) is 0 Å². The minimum Gasteiger partial charge on any atom is -0.857 e. The molecular weight excluding hydrogens is 931 g/mol. The van der Waals surface area contributed by atoms with Crippen molar-refractivity contribution in [1.29, 1.82) is 0 Å². The van der Waals surface area contributed by atoms with Gasteiger partial charge in [0.1, 0.15) is 6.29 Å². The molecule has 74 heavy (non-hydrogen) atoms. The van der Waals surface area contributed by atoms with Crippen LogP contribution in [0, 0.1) is 0 Å². The molecule has 12 aromatic carbocycles. The number of halogens is 1. The number of carbonyl (C=O) groups excluding carboxylic acids is 2. The molecule has 5 nitrogen and oxygen atoms in total. The molecular formula is C67H49BClO5-. The molecule has 0 saturated heterocycles. The zero-order valence-corrected chi connectivity index (χ0v) is 41.2. The average molecular weight is 980 g/mol. The Morgan fingerprint density at radius 2 is 0.662 bits per heavy atom. The van der Waals surface area contributed by atoms with Gasteiger partial charge in [-0.1, -0.05) is 248 Å². The third kappa shape index (κ3) is 10.4. The van der Waals surface area contributed by atoms with E-state index in [-0.39, 0.29) is 5.46 Å². The first-order chi connectivity index (χ1) is 36.4. The van der Waals surface area contributed by atoms with Crippen molar-refractivity contribution in [2.45, 2.75) is 0 Å². The van der Waals surface area contributed by atoms with E-state index < -0.39 is 7.12 Å². The number of carbonyl (C=O) groups is 2. The standard InChI is InChI=1S/C33H22O.C26H17Cl.C7H7BO3.CH3O/c34-22-26-15-7-8-16-27(26)25-19-20-30-31(21-25)33(24-13-5-2-6-14-24)29-18-10-9-17-28(29)32(30)23-11-3-1-4-12-23;27-20-15-16-23-24(17-20)26(19-11-5-2-6-12-19)22-14-8-7-13-21(22)25(23)18-9-3-1-4-10-18;9-5-6-3-1-2-4-7(6)8(10)11;1-2/h1-22H;1-17H;1-5,10-11H;1H3/q;;;-1. The molecule has 0 bridgehead atoms. The average Bonchev–Trinajstić information content (AvgIpc) is 3.48. The molecule has 0 aliphatic carbocycles. The highest BCUT2D eigenvalue weighted by molar-refractivity contribution is 6.60. The van der Waals surface area contributed by atoms with Crippen molar-refractivity contribution in [3.05, 3.63) is 271 Å². The van der Waals surface area contributed by atoms with Crippen LogP contribution in [-0.4, -0.2) is 36.8 Å². The Labute approximate surface area is 436 Å². The molecule has 0 saturated carbocycles. The van der Waals surface area contributed by atoms with Gasteiger partial charge < -0.3 is 15.2 Å². The Morgan fingerprint density at radius 3 is 1.07 bits per heavy atom. The summed E-state index contributed by atoms with van der Waals surface area (Å²) in [4.78, 5) is 22.1. The minimum absolute atomic E-state index is 0.238. The van der Waals surface area contributed by atoms with Crippen molar-refractivity contribution in [2.75, 3.05) is 7.11 Å². The second kappa shape index (κ2) is 23.7. The monoisotopic (exact) mass is 979 g/mol. The number of rotatable bonds is 8. The third-order valence-electron chi connectivity index (χ3n) is 13.1. The maximum atomic E-state index is 11.8. The van der Waals surface area contributed by atoms with Crippen molar-refractivity contribution < 1.29 is 24.7 Å². The summed E-state index contributed by atoms with van der Waals surface area (Å²) in [6.45, 7) is 0. The molecule has 358 valence electrons. The fraction of sp³-hybridized carbons (Fsp3) is 0.0149. The second-order valence-corrected chi connectivity index (χ2v) is 17.8. The molecule has 0 aliphatic heterocycles. The van der Waals surface area contributed by atoms with Crippen LogP contribution >= 0.6 is 11.6 Å². The molecule has 0 spiro atoms. The number of benzene rings is 12. The van der Waals surface area contributed by atoms with Gasteiger partial charge in [-0.15, -0.1) is 0 Å². The fourth-order valence-corrected chi connectivity index (χ4v) is 10.0. The summed E-state index contributed by atoms with van der Waals surface area (Å²) in [5, 5.41) is 36.2. The molecule has 0 radical (unpaired) electrons. The molecule has 0 fully saturated rings. The predicted molar refractivity (Wildman–Crippen MR) is 308 cm³/mol. The summed E-state index contributed by atoms with van der Waals surface area (Å²) in [5.41, 5.74) is 13.0. The van der Waals surface area contributed by atoms with Crippen LogP contribution in [0.25, 0.3) is 98.7 Å². The van der Waals surface area contributed by atoms with E-state index in [0.717, 1.165) is 29.5 Å². The number of hydrogen-bond acceptors (Lipinski definition) is 5. The van der Waals surface area contributed by atoms with Gasteiger partial charge in [-0.2, -0.15) is 7.11 Å². The van der Waals surface area contributed by atoms with E-state index in [0.29, 0.717) is 17.4 Å². The Kier molecular flexibility index (Phi) is 16.0. The van der Waals surface area contributed by atoms with Crippen molar-refractivity contribution in [2.24, 2.45) is 0 Å². The summed E-state index contributed by atoms with van der Waals surface area (Å²) < 4.78 is 0. The summed E-state index contributed by atoms with van der Waals surface area (Å²) >= 11 is 6.43. The van der Waals surface area contributed by atoms with Crippen molar-refractivity contribution >= 4 is 79.8 Å². The largest absolute Gasteiger partial charge is 0.857 e. The van der Waals surface area contributed by atoms with Crippen molar-refractivity contribution in [3.8, 4) is 55.6 Å². The van der Waals surface area contributed by atoms with Crippen LogP contribution < -0.4 is 10.6 Å². The molecule has 12 aromatic rings. The Hall–Kier alpha value is -8.75. The summed E-state index contributed by atoms with van der Waals surface area (Å²) in [7, 11) is -0.823.